The van der Waals surface area contributed by atoms with Crippen LogP contribution in [0, 0.1) is 0 Å². The number of likely N-dealkylation sites (tertiary alicyclic amines) is 1. The number of aliphatic hydroxyl groups is 1. The van der Waals surface area contributed by atoms with E-state index in [4.69, 9.17) is 0 Å². The number of carbonyl (C=O) groups is 1. The smallest absolute Gasteiger partial charge is 0.222 e. The number of benzene rings is 1. The highest BCUT2D eigenvalue weighted by Gasteiger charge is 2.37. The van der Waals surface area contributed by atoms with Crippen molar-refractivity contribution in [2.24, 2.45) is 0 Å². The standard InChI is InChI=1S/C22H31N5O2/c1-16(2)27-15-18(28)14-19(27)22-24-23-20-10-11-25(12-13-26(20)22)21(29)9-8-17-6-4-3-5-7-17/h3-7,16,18-19,28H,8-15H2,1-2H3/t18-,19+/m1/s1. The molecular formula is C22H31N5O2. The zero-order valence-electron chi connectivity index (χ0n) is 17.4. The summed E-state index contributed by atoms with van der Waals surface area (Å²) >= 11 is 0. The third kappa shape index (κ3) is 4.36. The second-order valence-electron chi connectivity index (χ2n) is 8.44. The Kier molecular flexibility index (Phi) is 5.96. The Labute approximate surface area is 172 Å². The molecule has 0 radical (unpaired) electrons. The van der Waals surface area contributed by atoms with Gasteiger partial charge in [-0.3, -0.25) is 9.69 Å². The van der Waals surface area contributed by atoms with Gasteiger partial charge >= 0.3 is 0 Å². The molecule has 1 aromatic heterocycles. The molecule has 3 heterocycles. The van der Waals surface area contributed by atoms with Gasteiger partial charge in [0.05, 0.1) is 12.1 Å². The fourth-order valence-electron chi connectivity index (χ4n) is 4.56. The van der Waals surface area contributed by atoms with Crippen LogP contribution in [0.25, 0.3) is 0 Å². The number of rotatable bonds is 5. The lowest BCUT2D eigenvalue weighted by Gasteiger charge is -2.27. The Morgan fingerprint density at radius 1 is 1.17 bits per heavy atom. The number of β-amino-alcohol motifs (C(OH)–C–C–N with tert-alkyl or cyclic N) is 1. The lowest BCUT2D eigenvalue weighted by Crippen LogP contribution is -2.35. The summed E-state index contributed by atoms with van der Waals surface area (Å²) in [6.45, 7) is 7.06. The van der Waals surface area contributed by atoms with E-state index in [0.717, 1.165) is 24.5 Å². The molecule has 0 aliphatic carbocycles. The third-order valence-corrected chi connectivity index (χ3v) is 6.16. The number of nitrogens with zero attached hydrogens (tertiary/aromatic N) is 5. The molecule has 0 saturated carbocycles. The van der Waals surface area contributed by atoms with E-state index in [1.807, 2.05) is 23.1 Å². The minimum atomic E-state index is -0.322. The Bertz CT molecular complexity index is 835. The lowest BCUT2D eigenvalue weighted by molar-refractivity contribution is -0.131. The molecular weight excluding hydrogens is 366 g/mol. The van der Waals surface area contributed by atoms with Gasteiger partial charge in [0.25, 0.3) is 0 Å². The summed E-state index contributed by atoms with van der Waals surface area (Å²) in [6, 6.07) is 10.6. The summed E-state index contributed by atoms with van der Waals surface area (Å²) in [5, 5.41) is 19.1. The Morgan fingerprint density at radius 2 is 1.97 bits per heavy atom. The summed E-state index contributed by atoms with van der Waals surface area (Å²) in [5.74, 6) is 2.08. The predicted octanol–water partition coefficient (Wildman–Crippen LogP) is 1.81. The summed E-state index contributed by atoms with van der Waals surface area (Å²) in [4.78, 5) is 17.0. The van der Waals surface area contributed by atoms with Crippen molar-refractivity contribution in [3.05, 3.63) is 47.5 Å². The van der Waals surface area contributed by atoms with E-state index in [2.05, 4.69) is 45.6 Å². The van der Waals surface area contributed by atoms with Crippen LogP contribution in [0.4, 0.5) is 0 Å². The number of amides is 1. The molecule has 1 amide bonds. The van der Waals surface area contributed by atoms with E-state index < -0.39 is 0 Å². The first kappa shape index (κ1) is 20.0. The predicted molar refractivity (Wildman–Crippen MR) is 110 cm³/mol. The maximum Gasteiger partial charge on any atom is 0.222 e. The zero-order chi connectivity index (χ0) is 20.4. The molecule has 1 saturated heterocycles. The first-order valence-electron chi connectivity index (χ1n) is 10.7. The minimum absolute atomic E-state index is 0.0894. The minimum Gasteiger partial charge on any atom is -0.392 e. The second-order valence-corrected chi connectivity index (χ2v) is 8.44. The number of aromatic nitrogens is 3. The maximum absolute atomic E-state index is 12.8. The molecule has 2 aliphatic rings. The van der Waals surface area contributed by atoms with Crippen LogP contribution in [0.1, 0.15) is 49.9 Å². The Hall–Kier alpha value is -2.25. The molecule has 0 unspecified atom stereocenters. The molecule has 2 atom stereocenters. The van der Waals surface area contributed by atoms with Gasteiger partial charge in [-0.15, -0.1) is 10.2 Å². The van der Waals surface area contributed by atoms with Crippen LogP contribution in [0.5, 0.6) is 0 Å². The number of hydrogen-bond acceptors (Lipinski definition) is 5. The molecule has 156 valence electrons. The fraction of sp³-hybridized carbons (Fsp3) is 0.591. The van der Waals surface area contributed by atoms with Crippen LogP contribution >= 0.6 is 0 Å². The topological polar surface area (TPSA) is 74.5 Å². The van der Waals surface area contributed by atoms with Crippen LogP contribution in [0.2, 0.25) is 0 Å². The van der Waals surface area contributed by atoms with Crippen molar-refractivity contribution < 1.29 is 9.90 Å². The molecule has 1 aromatic carbocycles. The van der Waals surface area contributed by atoms with E-state index in [-0.39, 0.29) is 18.1 Å². The van der Waals surface area contributed by atoms with Crippen molar-refractivity contribution >= 4 is 5.91 Å². The van der Waals surface area contributed by atoms with Crippen LogP contribution in [0.15, 0.2) is 30.3 Å². The second kappa shape index (κ2) is 8.63. The van der Waals surface area contributed by atoms with Gasteiger partial charge in [-0.25, -0.2) is 0 Å². The maximum atomic E-state index is 12.8. The molecule has 2 aliphatic heterocycles. The van der Waals surface area contributed by atoms with Crippen molar-refractivity contribution in [2.75, 3.05) is 19.6 Å². The Balaban J connectivity index is 1.41. The molecule has 7 heteroatoms. The largest absolute Gasteiger partial charge is 0.392 e. The van der Waals surface area contributed by atoms with Gasteiger partial charge in [-0.05, 0) is 32.3 Å². The van der Waals surface area contributed by atoms with Crippen molar-refractivity contribution in [1.82, 2.24) is 24.6 Å². The van der Waals surface area contributed by atoms with Gasteiger partial charge in [-0.2, -0.15) is 0 Å². The van der Waals surface area contributed by atoms with Crippen molar-refractivity contribution in [2.45, 2.75) is 64.3 Å². The normalized spacial score (nSPS) is 22.7. The van der Waals surface area contributed by atoms with Gasteiger partial charge in [0.2, 0.25) is 5.91 Å². The first-order chi connectivity index (χ1) is 14.0. The summed E-state index contributed by atoms with van der Waals surface area (Å²) in [7, 11) is 0. The highest BCUT2D eigenvalue weighted by atomic mass is 16.3. The third-order valence-electron chi connectivity index (χ3n) is 6.16. The molecule has 1 N–H and O–H groups in total. The first-order valence-corrected chi connectivity index (χ1v) is 10.7. The Morgan fingerprint density at radius 3 is 2.72 bits per heavy atom. The van der Waals surface area contributed by atoms with Gasteiger partial charge in [-0.1, -0.05) is 30.3 Å². The number of aryl methyl sites for hydroxylation is 1. The van der Waals surface area contributed by atoms with Crippen LogP contribution in [-0.4, -0.2) is 67.4 Å². The van der Waals surface area contributed by atoms with Gasteiger partial charge in [0.15, 0.2) is 5.82 Å². The SMILES string of the molecule is CC(C)N1C[C@H](O)C[C@H]1c1nnc2n1CCN(C(=O)CCc1ccccc1)CC2. The molecule has 1 fully saturated rings. The van der Waals surface area contributed by atoms with Gasteiger partial charge in [0, 0.05) is 45.1 Å². The summed E-state index contributed by atoms with van der Waals surface area (Å²) in [5.41, 5.74) is 1.20. The van der Waals surface area contributed by atoms with E-state index in [9.17, 15) is 9.90 Å². The number of aliphatic hydroxyl groups excluding tert-OH is 1. The highest BCUT2D eigenvalue weighted by molar-refractivity contribution is 5.76. The molecule has 0 spiro atoms. The molecule has 29 heavy (non-hydrogen) atoms. The fourth-order valence-corrected chi connectivity index (χ4v) is 4.56. The summed E-state index contributed by atoms with van der Waals surface area (Å²) in [6.07, 6.45) is 2.40. The molecule has 2 aromatic rings. The summed E-state index contributed by atoms with van der Waals surface area (Å²) < 4.78 is 2.18. The zero-order valence-corrected chi connectivity index (χ0v) is 17.4. The average molecular weight is 398 g/mol. The highest BCUT2D eigenvalue weighted by Crippen LogP contribution is 2.33. The van der Waals surface area contributed by atoms with Crippen molar-refractivity contribution in [3.63, 3.8) is 0 Å². The van der Waals surface area contributed by atoms with Crippen molar-refractivity contribution in [3.8, 4) is 0 Å². The van der Waals surface area contributed by atoms with E-state index in [0.29, 0.717) is 45.1 Å². The van der Waals surface area contributed by atoms with Gasteiger partial charge < -0.3 is 14.6 Å². The lowest BCUT2D eigenvalue weighted by atomic mass is 10.1. The van der Waals surface area contributed by atoms with E-state index in [1.165, 1.54) is 5.56 Å². The monoisotopic (exact) mass is 397 g/mol. The van der Waals surface area contributed by atoms with Crippen LogP contribution in [-0.2, 0) is 24.2 Å². The average Bonchev–Trinajstić information content (AvgIpc) is 3.23. The quantitative estimate of drug-likeness (QED) is 0.833. The van der Waals surface area contributed by atoms with E-state index in [1.54, 1.807) is 0 Å². The number of hydrogen-bond donors (Lipinski definition) is 1. The van der Waals surface area contributed by atoms with Crippen LogP contribution < -0.4 is 0 Å². The molecule has 0 bridgehead atoms. The van der Waals surface area contributed by atoms with E-state index >= 15 is 0 Å². The molecule has 4 rings (SSSR count). The van der Waals surface area contributed by atoms with Gasteiger partial charge in [0.1, 0.15) is 5.82 Å². The van der Waals surface area contributed by atoms with Crippen molar-refractivity contribution in [1.29, 1.82) is 0 Å². The number of carbonyl (C=O) groups excluding carboxylic acids is 1. The molecule has 7 nitrogen and oxygen atoms in total. The van der Waals surface area contributed by atoms with Crippen LogP contribution in [0.3, 0.4) is 0 Å². The number of fused-ring (bicyclic) bond motifs is 1.